The fourth-order valence-corrected chi connectivity index (χ4v) is 2.65. The average Bonchev–Trinajstić information content (AvgIpc) is 2.50. The molecule has 0 radical (unpaired) electrons. The third kappa shape index (κ3) is 11.3. The largest absolute Gasteiger partial charge is 1.00 e. The Hall–Kier alpha value is 0.0200. The first-order valence-corrected chi connectivity index (χ1v) is 8.60. The van der Waals surface area contributed by atoms with Crippen molar-refractivity contribution >= 4 is 5.69 Å². The molecule has 0 saturated heterocycles. The molecule has 0 heterocycles. The van der Waals surface area contributed by atoms with Gasteiger partial charge in [-0.15, -0.1) is 0 Å². The summed E-state index contributed by atoms with van der Waals surface area (Å²) in [5.74, 6) is 0. The van der Waals surface area contributed by atoms with E-state index in [0.29, 0.717) is 0 Å². The van der Waals surface area contributed by atoms with E-state index in [1.54, 1.807) is 0 Å². The minimum atomic E-state index is 0. The topological polar surface area (TPSA) is 3.24 Å². The van der Waals surface area contributed by atoms with E-state index in [0.717, 1.165) is 0 Å². The van der Waals surface area contributed by atoms with Crippen LogP contribution in [0.15, 0.2) is 30.3 Å². The molecule has 1 aromatic carbocycles. The second-order valence-electron chi connectivity index (χ2n) is 5.94. The van der Waals surface area contributed by atoms with Gasteiger partial charge in [0.25, 0.3) is 0 Å². The minimum Gasteiger partial charge on any atom is -0.375 e. The molecule has 0 saturated carbocycles. The van der Waals surface area contributed by atoms with E-state index in [1.165, 1.54) is 76.4 Å². The summed E-state index contributed by atoms with van der Waals surface area (Å²) in [4.78, 5) is 2.37. The van der Waals surface area contributed by atoms with Gasteiger partial charge in [-0.25, -0.2) is 0 Å². The standard InChI is InChI=1S/C19H33N.Na/c1-3-4-5-6-7-8-9-10-11-15-18-20(2)19-16-13-12-14-17-19;/h12-14,16-17H,3-11,15,18H2,1-2H3;/q;+1. The van der Waals surface area contributed by atoms with Crippen LogP contribution in [0.1, 0.15) is 71.1 Å². The first-order chi connectivity index (χ1) is 9.84. The maximum Gasteiger partial charge on any atom is 1.00 e. The third-order valence-corrected chi connectivity index (χ3v) is 4.04. The molecule has 0 bridgehead atoms. The van der Waals surface area contributed by atoms with Crippen LogP contribution in [-0.4, -0.2) is 13.6 Å². The average molecular weight is 298 g/mol. The van der Waals surface area contributed by atoms with Crippen LogP contribution in [0.5, 0.6) is 0 Å². The van der Waals surface area contributed by atoms with Crippen LogP contribution < -0.4 is 34.5 Å². The maximum atomic E-state index is 2.37. The molecule has 0 aliphatic heterocycles. The number of rotatable bonds is 12. The van der Waals surface area contributed by atoms with E-state index in [4.69, 9.17) is 0 Å². The zero-order chi connectivity index (χ0) is 14.5. The van der Waals surface area contributed by atoms with Crippen molar-refractivity contribution in [2.45, 2.75) is 71.1 Å². The van der Waals surface area contributed by atoms with Crippen LogP contribution in [-0.2, 0) is 0 Å². The Bertz CT molecular complexity index is 313. The molecule has 21 heavy (non-hydrogen) atoms. The molecule has 114 valence electrons. The number of unbranched alkanes of at least 4 members (excludes halogenated alkanes) is 9. The first kappa shape index (κ1) is 21.0. The zero-order valence-corrected chi connectivity index (χ0v) is 16.6. The molecule has 0 atom stereocenters. The van der Waals surface area contributed by atoms with E-state index in [1.807, 2.05) is 0 Å². The SMILES string of the molecule is CCCCCCCCCCCCN(C)c1ccccc1.[Na+]. The molecule has 2 heteroatoms. The van der Waals surface area contributed by atoms with Gasteiger partial charge in [0.2, 0.25) is 0 Å². The minimum absolute atomic E-state index is 0. The molecular formula is C19H33NNa+. The van der Waals surface area contributed by atoms with Gasteiger partial charge in [0, 0.05) is 19.3 Å². The summed E-state index contributed by atoms with van der Waals surface area (Å²) in [7, 11) is 2.20. The molecule has 1 nitrogen and oxygen atoms in total. The maximum absolute atomic E-state index is 2.37. The summed E-state index contributed by atoms with van der Waals surface area (Å²) in [6.45, 7) is 3.47. The van der Waals surface area contributed by atoms with E-state index >= 15 is 0 Å². The van der Waals surface area contributed by atoms with Gasteiger partial charge in [-0.2, -0.15) is 0 Å². The van der Waals surface area contributed by atoms with Crippen molar-refractivity contribution in [3.63, 3.8) is 0 Å². The molecule has 0 spiro atoms. The van der Waals surface area contributed by atoms with Crippen molar-refractivity contribution in [3.8, 4) is 0 Å². The molecule has 1 rings (SSSR count). The second-order valence-corrected chi connectivity index (χ2v) is 5.94. The number of nitrogens with zero attached hydrogens (tertiary/aromatic N) is 1. The van der Waals surface area contributed by atoms with Crippen LogP contribution >= 0.6 is 0 Å². The van der Waals surface area contributed by atoms with Crippen molar-refractivity contribution in [3.05, 3.63) is 30.3 Å². The fourth-order valence-electron chi connectivity index (χ4n) is 2.65. The van der Waals surface area contributed by atoms with Crippen LogP contribution in [0.3, 0.4) is 0 Å². The predicted molar refractivity (Wildman–Crippen MR) is 91.6 cm³/mol. The van der Waals surface area contributed by atoms with Gasteiger partial charge in [0.05, 0.1) is 0 Å². The van der Waals surface area contributed by atoms with Gasteiger partial charge in [-0.05, 0) is 18.6 Å². The molecule has 0 aromatic heterocycles. The van der Waals surface area contributed by atoms with Crippen molar-refractivity contribution in [2.24, 2.45) is 0 Å². The smallest absolute Gasteiger partial charge is 0.375 e. The first-order valence-electron chi connectivity index (χ1n) is 8.60. The van der Waals surface area contributed by atoms with Crippen LogP contribution in [0.2, 0.25) is 0 Å². The number of benzene rings is 1. The van der Waals surface area contributed by atoms with Gasteiger partial charge < -0.3 is 4.90 Å². The molecule has 1 aromatic rings. The molecular weight excluding hydrogens is 265 g/mol. The normalized spacial score (nSPS) is 10.2. The Balaban J connectivity index is 0.00000400. The Kier molecular flexibility index (Phi) is 15.0. The zero-order valence-electron chi connectivity index (χ0n) is 14.6. The van der Waals surface area contributed by atoms with Crippen LogP contribution in [0.4, 0.5) is 5.69 Å². The third-order valence-electron chi connectivity index (χ3n) is 4.04. The van der Waals surface area contributed by atoms with Gasteiger partial charge in [0.15, 0.2) is 0 Å². The molecule has 0 aliphatic carbocycles. The van der Waals surface area contributed by atoms with Crippen LogP contribution in [0.25, 0.3) is 0 Å². The summed E-state index contributed by atoms with van der Waals surface area (Å²) >= 11 is 0. The fraction of sp³-hybridized carbons (Fsp3) is 0.684. The van der Waals surface area contributed by atoms with Gasteiger partial charge in [0.1, 0.15) is 0 Å². The van der Waals surface area contributed by atoms with Gasteiger partial charge >= 0.3 is 29.6 Å². The molecule has 0 amide bonds. The number of hydrogen-bond acceptors (Lipinski definition) is 1. The van der Waals surface area contributed by atoms with Gasteiger partial charge in [-0.1, -0.05) is 82.9 Å². The van der Waals surface area contributed by atoms with E-state index in [2.05, 4.69) is 49.2 Å². The van der Waals surface area contributed by atoms with E-state index in [9.17, 15) is 0 Å². The van der Waals surface area contributed by atoms with Gasteiger partial charge in [-0.3, -0.25) is 0 Å². The summed E-state index contributed by atoms with van der Waals surface area (Å²) in [5.41, 5.74) is 1.34. The number of anilines is 1. The molecule has 0 fully saturated rings. The Morgan fingerprint density at radius 3 is 1.71 bits per heavy atom. The predicted octanol–water partition coefficient (Wildman–Crippen LogP) is 3.05. The Morgan fingerprint density at radius 2 is 1.19 bits per heavy atom. The summed E-state index contributed by atoms with van der Waals surface area (Å²) in [6, 6.07) is 10.7. The number of para-hydroxylation sites is 1. The number of hydrogen-bond donors (Lipinski definition) is 0. The van der Waals surface area contributed by atoms with E-state index in [-0.39, 0.29) is 29.6 Å². The quantitative estimate of drug-likeness (QED) is 0.423. The van der Waals surface area contributed by atoms with E-state index < -0.39 is 0 Å². The second kappa shape index (κ2) is 14.9. The molecule has 0 N–H and O–H groups in total. The Labute approximate surface area is 154 Å². The molecule has 0 aliphatic rings. The van der Waals surface area contributed by atoms with Crippen LogP contribution in [0, 0.1) is 0 Å². The van der Waals surface area contributed by atoms with Crippen molar-refractivity contribution in [1.82, 2.24) is 0 Å². The van der Waals surface area contributed by atoms with Crippen molar-refractivity contribution < 1.29 is 29.6 Å². The summed E-state index contributed by atoms with van der Waals surface area (Å²) in [6.07, 6.45) is 14.1. The van der Waals surface area contributed by atoms with Crippen molar-refractivity contribution in [2.75, 3.05) is 18.5 Å². The van der Waals surface area contributed by atoms with Crippen molar-refractivity contribution in [1.29, 1.82) is 0 Å². The molecule has 0 unspecified atom stereocenters. The monoisotopic (exact) mass is 298 g/mol. The summed E-state index contributed by atoms with van der Waals surface area (Å²) in [5, 5.41) is 0. The summed E-state index contributed by atoms with van der Waals surface area (Å²) < 4.78 is 0. The Morgan fingerprint density at radius 1 is 0.714 bits per heavy atom.